The summed E-state index contributed by atoms with van der Waals surface area (Å²) in [6, 6.07) is 6.40. The number of hydrogen-bond donors (Lipinski definition) is 1. The van der Waals surface area contributed by atoms with Crippen molar-refractivity contribution in [3.05, 3.63) is 29.8 Å². The van der Waals surface area contributed by atoms with Crippen molar-refractivity contribution in [3.63, 3.8) is 0 Å². The molecule has 4 amide bonds. The van der Waals surface area contributed by atoms with Gasteiger partial charge in [0.05, 0.1) is 13.2 Å². The molecule has 1 unspecified atom stereocenters. The van der Waals surface area contributed by atoms with Gasteiger partial charge in [-0.1, -0.05) is 37.0 Å². The van der Waals surface area contributed by atoms with Crippen molar-refractivity contribution in [3.8, 4) is 0 Å². The van der Waals surface area contributed by atoms with Crippen LogP contribution in [-0.2, 0) is 14.3 Å². The van der Waals surface area contributed by atoms with Gasteiger partial charge in [-0.2, -0.15) is 0 Å². The fourth-order valence-electron chi connectivity index (χ4n) is 5.23. The lowest BCUT2D eigenvalue weighted by Gasteiger charge is -2.48. The quantitative estimate of drug-likeness (QED) is 0.684. The van der Waals surface area contributed by atoms with Crippen LogP contribution in [0.25, 0.3) is 0 Å². The maximum Gasteiger partial charge on any atom is 0.332 e. The van der Waals surface area contributed by atoms with Crippen molar-refractivity contribution >= 4 is 23.5 Å². The van der Waals surface area contributed by atoms with Gasteiger partial charge in [-0.05, 0) is 38.8 Å². The number of amides is 4. The maximum atomic E-state index is 13.0. The lowest BCUT2D eigenvalue weighted by Crippen LogP contribution is -2.60. The van der Waals surface area contributed by atoms with Crippen molar-refractivity contribution in [2.45, 2.75) is 57.5 Å². The van der Waals surface area contributed by atoms with Gasteiger partial charge in [0.2, 0.25) is 5.91 Å². The Bertz CT molecular complexity index is 844. The lowest BCUT2D eigenvalue weighted by molar-refractivity contribution is -0.132. The molecule has 2 aliphatic heterocycles. The molecule has 0 aromatic heterocycles. The molecule has 3 fully saturated rings. The van der Waals surface area contributed by atoms with E-state index in [-0.39, 0.29) is 23.9 Å². The molecule has 1 N–H and O–H groups in total. The summed E-state index contributed by atoms with van der Waals surface area (Å²) in [5, 5.41) is 3.05. The van der Waals surface area contributed by atoms with Crippen LogP contribution >= 0.6 is 0 Å². The van der Waals surface area contributed by atoms with Crippen molar-refractivity contribution in [1.29, 1.82) is 0 Å². The van der Waals surface area contributed by atoms with Gasteiger partial charge in [0.15, 0.2) is 0 Å². The number of rotatable bonds is 6. The molecule has 0 spiro atoms. The minimum atomic E-state index is -0.629. The van der Waals surface area contributed by atoms with Crippen molar-refractivity contribution in [2.24, 2.45) is 0 Å². The number of anilines is 1. The zero-order chi connectivity index (χ0) is 22.7. The monoisotopic (exact) mass is 442 g/mol. The first-order chi connectivity index (χ1) is 15.4. The van der Waals surface area contributed by atoms with E-state index in [0.717, 1.165) is 62.4 Å². The second-order valence-electron chi connectivity index (χ2n) is 9.25. The van der Waals surface area contributed by atoms with Gasteiger partial charge in [-0.3, -0.25) is 24.3 Å². The molecule has 0 bridgehead atoms. The number of imide groups is 1. The van der Waals surface area contributed by atoms with Crippen LogP contribution in [-0.4, -0.2) is 78.6 Å². The number of urea groups is 1. The normalized spacial score (nSPS) is 24.1. The van der Waals surface area contributed by atoms with Crippen LogP contribution in [0.4, 0.5) is 10.5 Å². The SMILES string of the molecule is Cc1ccc(N2C(=O)N(CC(=O)NCC3(N4CCOCC4)CCCCC3)C(=O)C2C)cc1. The highest BCUT2D eigenvalue weighted by atomic mass is 16.5. The third-order valence-electron chi connectivity index (χ3n) is 7.14. The van der Waals surface area contributed by atoms with Gasteiger partial charge in [-0.25, -0.2) is 4.79 Å². The van der Waals surface area contributed by atoms with E-state index in [4.69, 9.17) is 4.74 Å². The summed E-state index contributed by atoms with van der Waals surface area (Å²) in [5.74, 6) is -0.630. The molecule has 1 aromatic rings. The molecule has 1 saturated carbocycles. The van der Waals surface area contributed by atoms with Gasteiger partial charge in [0, 0.05) is 30.9 Å². The molecule has 3 aliphatic rings. The molecule has 1 atom stereocenters. The number of carbonyl (C=O) groups is 3. The number of aryl methyl sites for hydroxylation is 1. The molecule has 4 rings (SSSR count). The third kappa shape index (κ3) is 4.52. The Labute approximate surface area is 189 Å². The Morgan fingerprint density at radius 3 is 2.41 bits per heavy atom. The standard InChI is InChI=1S/C24H34N4O4/c1-18-6-8-20(9-7-18)28-19(2)22(30)27(23(28)31)16-21(29)25-17-24(10-4-3-5-11-24)26-12-14-32-15-13-26/h6-9,19H,3-5,10-17H2,1-2H3,(H,25,29). The fraction of sp³-hybridized carbons (Fsp3) is 0.625. The lowest BCUT2D eigenvalue weighted by atomic mass is 9.79. The molecule has 1 aliphatic carbocycles. The van der Waals surface area contributed by atoms with Crippen LogP contribution in [0.5, 0.6) is 0 Å². The Kier molecular flexibility index (Phi) is 6.81. The van der Waals surface area contributed by atoms with Crippen molar-refractivity contribution in [2.75, 3.05) is 44.3 Å². The van der Waals surface area contributed by atoms with Crippen LogP contribution in [0.2, 0.25) is 0 Å². The zero-order valence-electron chi connectivity index (χ0n) is 19.1. The smallest absolute Gasteiger partial charge is 0.332 e. The largest absolute Gasteiger partial charge is 0.379 e. The minimum absolute atomic E-state index is 0.0576. The van der Waals surface area contributed by atoms with Crippen molar-refractivity contribution < 1.29 is 19.1 Å². The van der Waals surface area contributed by atoms with E-state index in [2.05, 4.69) is 10.2 Å². The molecular weight excluding hydrogens is 408 g/mol. The first-order valence-corrected chi connectivity index (χ1v) is 11.7. The summed E-state index contributed by atoms with van der Waals surface area (Å²) < 4.78 is 5.52. The van der Waals surface area contributed by atoms with Crippen LogP contribution in [0, 0.1) is 6.92 Å². The maximum absolute atomic E-state index is 13.0. The fourth-order valence-corrected chi connectivity index (χ4v) is 5.23. The second kappa shape index (κ2) is 9.58. The number of morpholine rings is 1. The topological polar surface area (TPSA) is 82.2 Å². The second-order valence-corrected chi connectivity index (χ2v) is 9.25. The van der Waals surface area contributed by atoms with E-state index >= 15 is 0 Å². The van der Waals surface area contributed by atoms with Crippen LogP contribution in [0.15, 0.2) is 24.3 Å². The summed E-state index contributed by atoms with van der Waals surface area (Å²) in [5.41, 5.74) is 1.68. The number of carbonyl (C=O) groups excluding carboxylic acids is 3. The van der Waals surface area contributed by atoms with Crippen LogP contribution < -0.4 is 10.2 Å². The molecule has 32 heavy (non-hydrogen) atoms. The first-order valence-electron chi connectivity index (χ1n) is 11.7. The molecule has 0 radical (unpaired) electrons. The molecular formula is C24H34N4O4. The van der Waals surface area contributed by atoms with E-state index in [1.165, 1.54) is 11.3 Å². The number of nitrogens with one attached hydrogen (secondary N) is 1. The predicted octanol–water partition coefficient (Wildman–Crippen LogP) is 2.30. The molecule has 2 saturated heterocycles. The number of ether oxygens (including phenoxy) is 1. The first kappa shape index (κ1) is 22.7. The highest BCUT2D eigenvalue weighted by Gasteiger charge is 2.44. The molecule has 8 heteroatoms. The van der Waals surface area contributed by atoms with Gasteiger partial charge >= 0.3 is 6.03 Å². The molecule has 8 nitrogen and oxygen atoms in total. The van der Waals surface area contributed by atoms with Gasteiger partial charge in [0.1, 0.15) is 12.6 Å². The van der Waals surface area contributed by atoms with E-state index < -0.39 is 12.1 Å². The highest BCUT2D eigenvalue weighted by molar-refractivity contribution is 6.15. The van der Waals surface area contributed by atoms with Gasteiger partial charge in [0.25, 0.3) is 5.91 Å². The van der Waals surface area contributed by atoms with Crippen LogP contribution in [0.1, 0.15) is 44.6 Å². The third-order valence-corrected chi connectivity index (χ3v) is 7.14. The summed E-state index contributed by atoms with van der Waals surface area (Å²) in [7, 11) is 0. The van der Waals surface area contributed by atoms with Crippen LogP contribution in [0.3, 0.4) is 0 Å². The van der Waals surface area contributed by atoms with E-state index in [0.29, 0.717) is 12.2 Å². The van der Waals surface area contributed by atoms with E-state index in [9.17, 15) is 14.4 Å². The Morgan fingerprint density at radius 2 is 1.75 bits per heavy atom. The number of nitrogens with zero attached hydrogens (tertiary/aromatic N) is 3. The van der Waals surface area contributed by atoms with Gasteiger partial charge < -0.3 is 10.1 Å². The predicted molar refractivity (Wildman–Crippen MR) is 121 cm³/mol. The number of benzene rings is 1. The Balaban J connectivity index is 1.40. The summed E-state index contributed by atoms with van der Waals surface area (Å²) in [4.78, 5) is 43.6. The van der Waals surface area contributed by atoms with Gasteiger partial charge in [-0.15, -0.1) is 0 Å². The summed E-state index contributed by atoms with van der Waals surface area (Å²) in [6.07, 6.45) is 5.63. The Morgan fingerprint density at radius 1 is 1.09 bits per heavy atom. The highest BCUT2D eigenvalue weighted by Crippen LogP contribution is 2.34. The average Bonchev–Trinajstić information content (AvgIpc) is 3.03. The molecule has 2 heterocycles. The summed E-state index contributed by atoms with van der Waals surface area (Å²) >= 11 is 0. The average molecular weight is 443 g/mol. The molecule has 174 valence electrons. The zero-order valence-corrected chi connectivity index (χ0v) is 19.1. The molecule has 1 aromatic carbocycles. The van der Waals surface area contributed by atoms with E-state index in [1.807, 2.05) is 31.2 Å². The minimum Gasteiger partial charge on any atom is -0.379 e. The van der Waals surface area contributed by atoms with E-state index in [1.54, 1.807) is 6.92 Å². The number of hydrogen-bond acceptors (Lipinski definition) is 5. The summed E-state index contributed by atoms with van der Waals surface area (Å²) in [6.45, 7) is 7.16. The van der Waals surface area contributed by atoms with Crippen molar-refractivity contribution in [1.82, 2.24) is 15.1 Å². The Hall–Kier alpha value is -2.45.